The molecule has 168 valence electrons. The molecule has 7 nitrogen and oxygen atoms in total. The molecule has 1 N–H and O–H groups in total. The second-order valence-corrected chi connectivity index (χ2v) is 9.40. The Morgan fingerprint density at radius 3 is 2.61 bits per heavy atom. The van der Waals surface area contributed by atoms with Crippen molar-refractivity contribution in [1.82, 2.24) is 15.2 Å². The molecule has 1 saturated heterocycles. The summed E-state index contributed by atoms with van der Waals surface area (Å²) in [5.74, 6) is 0.933. The van der Waals surface area contributed by atoms with E-state index < -0.39 is 5.60 Å². The summed E-state index contributed by atoms with van der Waals surface area (Å²) in [7, 11) is 0. The van der Waals surface area contributed by atoms with Crippen LogP contribution >= 0.6 is 23.2 Å². The molecule has 0 bridgehead atoms. The number of carbonyl (C=O) groups is 2. The Balaban J connectivity index is 1.43. The van der Waals surface area contributed by atoms with Crippen molar-refractivity contribution in [2.24, 2.45) is 0 Å². The maximum absolute atomic E-state index is 12.3. The molecule has 0 saturated carbocycles. The number of rotatable bonds is 5. The van der Waals surface area contributed by atoms with Gasteiger partial charge in [-0.15, -0.1) is 0 Å². The van der Waals surface area contributed by atoms with Crippen molar-refractivity contribution in [3.63, 3.8) is 0 Å². The summed E-state index contributed by atoms with van der Waals surface area (Å²) in [6, 6.07) is 5.18. The molecule has 9 heteroatoms. The minimum atomic E-state index is -0.513. The van der Waals surface area contributed by atoms with Crippen LogP contribution in [0.2, 0.25) is 10.0 Å². The Bertz CT molecular complexity index is 931. The predicted molar refractivity (Wildman–Crippen MR) is 119 cm³/mol. The van der Waals surface area contributed by atoms with Gasteiger partial charge >= 0.3 is 6.09 Å². The van der Waals surface area contributed by atoms with E-state index in [-0.39, 0.29) is 24.5 Å². The molecule has 0 atom stereocenters. The van der Waals surface area contributed by atoms with Gasteiger partial charge in [-0.05, 0) is 51.8 Å². The number of hydrogen-bond donors (Lipinski definition) is 1. The van der Waals surface area contributed by atoms with Crippen molar-refractivity contribution in [3.05, 3.63) is 40.3 Å². The third-order valence-corrected chi connectivity index (χ3v) is 5.38. The van der Waals surface area contributed by atoms with Gasteiger partial charge in [0.15, 0.2) is 11.7 Å². The number of likely N-dealkylation sites (tertiary alicyclic amines) is 1. The van der Waals surface area contributed by atoms with E-state index in [4.69, 9.17) is 32.4 Å². The number of carbonyl (C=O) groups excluding carboxylic acids is 2. The van der Waals surface area contributed by atoms with Crippen molar-refractivity contribution in [1.29, 1.82) is 0 Å². The SMILES string of the molecule is CC(C)(C)OC(=O)N1CCC(NC(=O)CCc2ncc(-c3ccc(Cl)cc3Cl)o2)CC1. The van der Waals surface area contributed by atoms with Crippen LogP contribution in [-0.2, 0) is 16.0 Å². The predicted octanol–water partition coefficient (Wildman–Crippen LogP) is 5.10. The fraction of sp³-hybridized carbons (Fsp3) is 0.500. The summed E-state index contributed by atoms with van der Waals surface area (Å²) in [5, 5.41) is 4.05. The summed E-state index contributed by atoms with van der Waals surface area (Å²) < 4.78 is 11.1. The number of benzene rings is 1. The zero-order valence-corrected chi connectivity index (χ0v) is 19.4. The third kappa shape index (κ3) is 6.87. The molecular formula is C22H27Cl2N3O4. The van der Waals surface area contributed by atoms with Crippen LogP contribution in [0.15, 0.2) is 28.8 Å². The number of aryl methyl sites for hydroxylation is 1. The first-order chi connectivity index (χ1) is 14.6. The number of piperidine rings is 1. The molecule has 0 spiro atoms. The van der Waals surface area contributed by atoms with E-state index in [1.54, 1.807) is 29.3 Å². The average Bonchev–Trinajstić information content (AvgIpc) is 3.14. The molecule has 1 fully saturated rings. The standard InChI is InChI=1S/C22H27Cl2N3O4/c1-22(2,3)31-21(29)27-10-8-15(9-11-27)26-19(28)6-7-20-25-13-18(30-20)16-5-4-14(23)12-17(16)24/h4-5,12-13,15H,6-11H2,1-3H3,(H,26,28). The Morgan fingerprint density at radius 2 is 1.97 bits per heavy atom. The Kier molecular flexibility index (Phi) is 7.49. The van der Waals surface area contributed by atoms with Crippen molar-refractivity contribution in [3.8, 4) is 11.3 Å². The molecule has 2 heterocycles. The third-order valence-electron chi connectivity index (χ3n) is 4.83. The molecule has 31 heavy (non-hydrogen) atoms. The molecule has 3 rings (SSSR count). The fourth-order valence-corrected chi connectivity index (χ4v) is 3.79. The summed E-state index contributed by atoms with van der Waals surface area (Å²) in [4.78, 5) is 30.4. The number of aromatic nitrogens is 1. The lowest BCUT2D eigenvalue weighted by atomic mass is 10.1. The smallest absolute Gasteiger partial charge is 0.410 e. The second kappa shape index (κ2) is 9.92. The number of nitrogens with one attached hydrogen (secondary N) is 1. The van der Waals surface area contributed by atoms with Gasteiger partial charge in [0.2, 0.25) is 5.91 Å². The molecule has 0 aliphatic carbocycles. The average molecular weight is 468 g/mol. The largest absolute Gasteiger partial charge is 0.444 e. The van der Waals surface area contributed by atoms with Crippen LogP contribution in [0.25, 0.3) is 11.3 Å². The van der Waals surface area contributed by atoms with Gasteiger partial charge in [-0.25, -0.2) is 9.78 Å². The van der Waals surface area contributed by atoms with Crippen LogP contribution in [0.4, 0.5) is 4.79 Å². The van der Waals surface area contributed by atoms with Gasteiger partial charge in [0.1, 0.15) is 5.60 Å². The Morgan fingerprint density at radius 1 is 1.26 bits per heavy atom. The first kappa shape index (κ1) is 23.4. The molecule has 1 aromatic carbocycles. The maximum atomic E-state index is 12.3. The summed E-state index contributed by atoms with van der Waals surface area (Å²) >= 11 is 12.1. The molecule has 1 aromatic heterocycles. The number of amides is 2. The van der Waals surface area contributed by atoms with Crippen LogP contribution in [0, 0.1) is 0 Å². The van der Waals surface area contributed by atoms with Gasteiger partial charge in [0, 0.05) is 42.6 Å². The van der Waals surface area contributed by atoms with E-state index >= 15 is 0 Å². The van der Waals surface area contributed by atoms with E-state index in [2.05, 4.69) is 10.3 Å². The van der Waals surface area contributed by atoms with Crippen molar-refractivity contribution in [2.75, 3.05) is 13.1 Å². The van der Waals surface area contributed by atoms with Crippen molar-refractivity contribution < 1.29 is 18.7 Å². The monoisotopic (exact) mass is 467 g/mol. The summed E-state index contributed by atoms with van der Waals surface area (Å²) in [6.45, 7) is 6.66. The van der Waals surface area contributed by atoms with Crippen LogP contribution in [0.1, 0.15) is 45.9 Å². The highest BCUT2D eigenvalue weighted by Gasteiger charge is 2.27. The number of hydrogen-bond acceptors (Lipinski definition) is 5. The lowest BCUT2D eigenvalue weighted by molar-refractivity contribution is -0.122. The lowest BCUT2D eigenvalue weighted by Gasteiger charge is -2.33. The van der Waals surface area contributed by atoms with Gasteiger partial charge in [0.25, 0.3) is 0 Å². The van der Waals surface area contributed by atoms with Gasteiger partial charge in [-0.3, -0.25) is 4.79 Å². The fourth-order valence-electron chi connectivity index (χ4n) is 3.29. The summed E-state index contributed by atoms with van der Waals surface area (Å²) in [6.07, 6.45) is 3.33. The number of ether oxygens (including phenoxy) is 1. The van der Waals surface area contributed by atoms with Crippen LogP contribution in [0.3, 0.4) is 0 Å². The van der Waals surface area contributed by atoms with E-state index in [9.17, 15) is 9.59 Å². The Labute approximate surface area is 192 Å². The highest BCUT2D eigenvalue weighted by Crippen LogP contribution is 2.30. The number of halogens is 2. The van der Waals surface area contributed by atoms with Crippen LogP contribution in [-0.4, -0.2) is 46.6 Å². The van der Waals surface area contributed by atoms with Crippen LogP contribution < -0.4 is 5.32 Å². The molecular weight excluding hydrogens is 441 g/mol. The minimum Gasteiger partial charge on any atom is -0.444 e. The highest BCUT2D eigenvalue weighted by molar-refractivity contribution is 6.36. The Hall–Kier alpha value is -2.25. The minimum absolute atomic E-state index is 0.0409. The topological polar surface area (TPSA) is 84.7 Å². The summed E-state index contributed by atoms with van der Waals surface area (Å²) in [5.41, 5.74) is 0.187. The van der Waals surface area contributed by atoms with Gasteiger partial charge in [0.05, 0.1) is 11.2 Å². The second-order valence-electron chi connectivity index (χ2n) is 8.55. The molecule has 2 aromatic rings. The molecule has 0 radical (unpaired) electrons. The van der Waals surface area contributed by atoms with E-state index in [0.717, 1.165) is 0 Å². The molecule has 2 amide bonds. The van der Waals surface area contributed by atoms with Crippen molar-refractivity contribution in [2.45, 2.75) is 58.1 Å². The molecule has 1 aliphatic heterocycles. The van der Waals surface area contributed by atoms with E-state index in [1.165, 1.54) is 0 Å². The molecule has 1 aliphatic rings. The highest BCUT2D eigenvalue weighted by atomic mass is 35.5. The molecule has 0 unspecified atom stereocenters. The van der Waals surface area contributed by atoms with Gasteiger partial charge in [-0.2, -0.15) is 0 Å². The zero-order valence-electron chi connectivity index (χ0n) is 17.9. The normalized spacial score (nSPS) is 15.1. The maximum Gasteiger partial charge on any atom is 0.410 e. The quantitative estimate of drug-likeness (QED) is 0.660. The zero-order chi connectivity index (χ0) is 22.6. The first-order valence-corrected chi connectivity index (χ1v) is 11.0. The van der Waals surface area contributed by atoms with Crippen molar-refractivity contribution >= 4 is 35.2 Å². The van der Waals surface area contributed by atoms with Gasteiger partial charge < -0.3 is 19.4 Å². The van der Waals surface area contributed by atoms with E-state index in [1.807, 2.05) is 20.8 Å². The first-order valence-electron chi connectivity index (χ1n) is 10.3. The van der Waals surface area contributed by atoms with E-state index in [0.29, 0.717) is 59.6 Å². The number of nitrogens with zero attached hydrogens (tertiary/aromatic N) is 2. The number of oxazole rings is 1. The van der Waals surface area contributed by atoms with Crippen LogP contribution in [0.5, 0.6) is 0 Å². The lowest BCUT2D eigenvalue weighted by Crippen LogP contribution is -2.47. The van der Waals surface area contributed by atoms with Gasteiger partial charge in [-0.1, -0.05) is 23.2 Å².